The Morgan fingerprint density at radius 3 is 2.50 bits per heavy atom. The molecule has 3 aromatic rings. The van der Waals surface area contributed by atoms with Gasteiger partial charge in [-0.05, 0) is 45.7 Å². The van der Waals surface area contributed by atoms with Crippen molar-refractivity contribution in [1.29, 1.82) is 0 Å². The number of rotatable bonds is 6. The average molecular weight is 510 g/mol. The first kappa shape index (κ1) is 23.4. The van der Waals surface area contributed by atoms with E-state index in [1.807, 2.05) is 6.92 Å². The maximum Gasteiger partial charge on any atom is 0.291 e. The molecule has 1 saturated carbocycles. The third-order valence-corrected chi connectivity index (χ3v) is 8.67. The van der Waals surface area contributed by atoms with E-state index in [9.17, 15) is 17.2 Å². The zero-order valence-corrected chi connectivity index (χ0v) is 20.6. The van der Waals surface area contributed by atoms with E-state index in [1.165, 1.54) is 12.4 Å². The van der Waals surface area contributed by atoms with Crippen LogP contribution in [0.15, 0.2) is 23.4 Å². The topological polar surface area (TPSA) is 113 Å². The molecule has 34 heavy (non-hydrogen) atoms. The van der Waals surface area contributed by atoms with Crippen LogP contribution in [0.2, 0.25) is 0 Å². The lowest BCUT2D eigenvalue weighted by Gasteiger charge is -2.38. The zero-order valence-electron chi connectivity index (χ0n) is 18.9. The molecular weight excluding hydrogens is 484 g/mol. The Kier molecular flexibility index (Phi) is 5.78. The molecule has 1 saturated heterocycles. The molecule has 2 fully saturated rings. The molecule has 2 aliphatic rings. The molecule has 2 atom stereocenters. The minimum atomic E-state index is -3.84. The summed E-state index contributed by atoms with van der Waals surface area (Å²) < 4.78 is 55.7. The lowest BCUT2D eigenvalue weighted by Crippen LogP contribution is -2.54. The van der Waals surface area contributed by atoms with Gasteiger partial charge in [0.25, 0.3) is 6.43 Å². The number of halogens is 2. The molecule has 3 heterocycles. The van der Waals surface area contributed by atoms with Crippen molar-refractivity contribution < 1.29 is 17.2 Å². The van der Waals surface area contributed by atoms with E-state index in [1.54, 1.807) is 6.07 Å². The molecule has 5 rings (SSSR count). The number of sulfonamides is 1. The molecule has 13 heteroatoms. The van der Waals surface area contributed by atoms with Crippen LogP contribution in [0.25, 0.3) is 21.6 Å². The lowest BCUT2D eigenvalue weighted by molar-refractivity contribution is 0.150. The van der Waals surface area contributed by atoms with E-state index in [2.05, 4.69) is 49.0 Å². The van der Waals surface area contributed by atoms with Crippen LogP contribution in [0.1, 0.15) is 45.0 Å². The highest BCUT2D eigenvalue weighted by Gasteiger charge is 2.41. The third kappa shape index (κ3) is 4.49. The maximum atomic E-state index is 13.3. The third-order valence-electron chi connectivity index (χ3n) is 6.11. The first-order chi connectivity index (χ1) is 16.0. The number of fused-ring (bicyclic) bond motifs is 1. The van der Waals surface area contributed by atoms with Gasteiger partial charge in [-0.2, -0.15) is 0 Å². The summed E-state index contributed by atoms with van der Waals surface area (Å²) >= 11 is 0.733. The highest BCUT2D eigenvalue weighted by Crippen LogP contribution is 2.39. The van der Waals surface area contributed by atoms with Crippen LogP contribution in [0.5, 0.6) is 0 Å². The van der Waals surface area contributed by atoms with E-state index in [4.69, 9.17) is 0 Å². The van der Waals surface area contributed by atoms with Crippen molar-refractivity contribution in [2.45, 2.75) is 62.6 Å². The van der Waals surface area contributed by atoms with Gasteiger partial charge in [0.05, 0.1) is 16.1 Å². The molecule has 1 aliphatic carbocycles. The van der Waals surface area contributed by atoms with Gasteiger partial charge in [-0.3, -0.25) is 0 Å². The monoisotopic (exact) mass is 509 g/mol. The number of anilines is 1. The van der Waals surface area contributed by atoms with Crippen molar-refractivity contribution in [2.75, 3.05) is 18.0 Å². The van der Waals surface area contributed by atoms with Crippen molar-refractivity contribution in [3.8, 4) is 10.7 Å². The first-order valence-electron chi connectivity index (χ1n) is 11.0. The fourth-order valence-electron chi connectivity index (χ4n) is 4.30. The van der Waals surface area contributed by atoms with Crippen molar-refractivity contribution in [3.63, 3.8) is 0 Å². The van der Waals surface area contributed by atoms with E-state index in [0.29, 0.717) is 29.7 Å². The molecule has 0 amide bonds. The second kappa shape index (κ2) is 8.40. The van der Waals surface area contributed by atoms with Crippen LogP contribution in [-0.4, -0.2) is 59.3 Å². The molecule has 2 aromatic heterocycles. The number of nitrogens with zero attached hydrogens (tertiary/aromatic N) is 5. The largest absolute Gasteiger partial charge is 0.367 e. The van der Waals surface area contributed by atoms with Crippen molar-refractivity contribution in [1.82, 2.24) is 30.2 Å². The molecule has 2 N–H and O–H groups in total. The molecule has 182 valence electrons. The molecule has 0 radical (unpaired) electrons. The van der Waals surface area contributed by atoms with Gasteiger partial charge >= 0.3 is 0 Å². The molecule has 0 bridgehead atoms. The number of alkyl halides is 2. The zero-order chi connectivity index (χ0) is 24.3. The molecule has 0 unspecified atom stereocenters. The summed E-state index contributed by atoms with van der Waals surface area (Å²) in [6.45, 7) is 7.31. The Morgan fingerprint density at radius 2 is 1.88 bits per heavy atom. The number of piperazine rings is 1. The predicted octanol–water partition coefficient (Wildman–Crippen LogP) is 3.10. The van der Waals surface area contributed by atoms with Crippen LogP contribution in [-0.2, 0) is 10.0 Å². The summed E-state index contributed by atoms with van der Waals surface area (Å²) in [7, 11) is -3.84. The Morgan fingerprint density at radius 1 is 1.18 bits per heavy atom. The van der Waals surface area contributed by atoms with Gasteiger partial charge in [0, 0.05) is 36.1 Å². The van der Waals surface area contributed by atoms with Gasteiger partial charge in [-0.25, -0.2) is 31.9 Å². The summed E-state index contributed by atoms with van der Waals surface area (Å²) in [6, 6.07) is 3.50. The lowest BCUT2D eigenvalue weighted by atomic mass is 10.1. The van der Waals surface area contributed by atoms with Gasteiger partial charge in [0.2, 0.25) is 10.0 Å². The summed E-state index contributed by atoms with van der Waals surface area (Å²) in [6.07, 6.45) is 0.139. The van der Waals surface area contributed by atoms with Crippen molar-refractivity contribution >= 4 is 38.0 Å². The molecule has 1 aliphatic heterocycles. The summed E-state index contributed by atoms with van der Waals surface area (Å²) in [4.78, 5) is 10.9. The van der Waals surface area contributed by atoms with Crippen LogP contribution < -0.4 is 14.9 Å². The molecular formula is C21H25F2N7O2S2. The summed E-state index contributed by atoms with van der Waals surface area (Å²) in [5.74, 6) is 0. The normalized spacial score (nSPS) is 22.5. The van der Waals surface area contributed by atoms with Crippen LogP contribution in [0.4, 0.5) is 14.5 Å². The fraction of sp³-hybridized carbons (Fsp3) is 0.524. The van der Waals surface area contributed by atoms with Gasteiger partial charge in [0.1, 0.15) is 12.0 Å². The summed E-state index contributed by atoms with van der Waals surface area (Å²) in [5.41, 5.74) is 1.02. The quantitative estimate of drug-likeness (QED) is 0.521. The van der Waals surface area contributed by atoms with Crippen LogP contribution >= 0.6 is 11.3 Å². The number of nitrogens with one attached hydrogen (secondary N) is 2. The first-order valence-corrected chi connectivity index (χ1v) is 13.3. The minimum absolute atomic E-state index is 0.0802. The number of hydrogen-bond acceptors (Lipinski definition) is 9. The summed E-state index contributed by atoms with van der Waals surface area (Å²) in [5, 5.41) is 11.1. The molecule has 9 nitrogen and oxygen atoms in total. The number of aromatic nitrogens is 4. The standard InChI is InChI=1S/C21H25F2N7O2S2/c1-11-8-30(9-12(2)26-11)15-7-13(34(31,32)29-21(3)4-5-21)6-14-16(15)24-10-25-17(14)19-27-28-20(33-19)18(22)23/h6-7,10-12,18,26,29H,4-5,8-9H2,1-3H3/t11-,12-/m0/s1. The Hall–Kier alpha value is -2.35. The van der Waals surface area contributed by atoms with E-state index in [0.717, 1.165) is 24.2 Å². The fourth-order valence-corrected chi connectivity index (χ4v) is 6.53. The van der Waals surface area contributed by atoms with Gasteiger partial charge in [-0.15, -0.1) is 10.2 Å². The van der Waals surface area contributed by atoms with Crippen molar-refractivity contribution in [2.24, 2.45) is 0 Å². The van der Waals surface area contributed by atoms with Gasteiger partial charge in [0.15, 0.2) is 10.0 Å². The Balaban J connectivity index is 1.71. The smallest absolute Gasteiger partial charge is 0.291 e. The van der Waals surface area contributed by atoms with Crippen LogP contribution in [0, 0.1) is 0 Å². The Labute approximate surface area is 200 Å². The Bertz CT molecular complexity index is 1330. The van der Waals surface area contributed by atoms with Gasteiger partial charge in [-0.1, -0.05) is 11.3 Å². The maximum absolute atomic E-state index is 13.3. The van der Waals surface area contributed by atoms with E-state index in [-0.39, 0.29) is 27.7 Å². The second-order valence-corrected chi connectivity index (χ2v) is 12.0. The highest BCUT2D eigenvalue weighted by molar-refractivity contribution is 7.89. The average Bonchev–Trinajstić information content (AvgIpc) is 3.27. The second-order valence-electron chi connectivity index (χ2n) is 9.35. The van der Waals surface area contributed by atoms with Crippen LogP contribution in [0.3, 0.4) is 0 Å². The molecule has 1 aromatic carbocycles. The van der Waals surface area contributed by atoms with Crippen molar-refractivity contribution in [3.05, 3.63) is 23.5 Å². The van der Waals surface area contributed by atoms with Gasteiger partial charge < -0.3 is 10.2 Å². The molecule has 0 spiro atoms. The minimum Gasteiger partial charge on any atom is -0.367 e. The number of benzene rings is 1. The van der Waals surface area contributed by atoms with E-state index >= 15 is 0 Å². The van der Waals surface area contributed by atoms with E-state index < -0.39 is 27.0 Å². The SMILES string of the molecule is C[C@H]1CN(c2cc(S(=O)(=O)NC3(C)CC3)cc3c(-c4nnc(C(F)F)s4)ncnc23)C[C@H](C)N1. The number of hydrogen-bond donors (Lipinski definition) is 2. The predicted molar refractivity (Wildman–Crippen MR) is 126 cm³/mol. The highest BCUT2D eigenvalue weighted by atomic mass is 32.2.